The summed E-state index contributed by atoms with van der Waals surface area (Å²) in [5.74, 6) is 2.26. The SMILES string of the molecule is CCCCCC1CCC(c2ccc(C(C)c3ccc(CCC)cc3)cc2)CC1. The highest BCUT2D eigenvalue weighted by atomic mass is 14.3. The second-order valence-electron chi connectivity index (χ2n) is 9.09. The monoisotopic (exact) mass is 376 g/mol. The van der Waals surface area contributed by atoms with Gasteiger partial charge in [0.1, 0.15) is 0 Å². The molecule has 0 aromatic heterocycles. The molecule has 0 radical (unpaired) electrons. The van der Waals surface area contributed by atoms with Crippen LogP contribution in [0, 0.1) is 5.92 Å². The first-order valence-electron chi connectivity index (χ1n) is 11.9. The molecule has 1 unspecified atom stereocenters. The van der Waals surface area contributed by atoms with Gasteiger partial charge in [-0.05, 0) is 66.2 Å². The van der Waals surface area contributed by atoms with Gasteiger partial charge in [-0.15, -0.1) is 0 Å². The number of rotatable bonds is 9. The highest BCUT2D eigenvalue weighted by Crippen LogP contribution is 2.38. The van der Waals surface area contributed by atoms with Crippen LogP contribution in [-0.4, -0.2) is 0 Å². The van der Waals surface area contributed by atoms with Crippen LogP contribution in [0.1, 0.15) is 113 Å². The number of hydrogen-bond acceptors (Lipinski definition) is 0. The van der Waals surface area contributed by atoms with Crippen LogP contribution in [0.2, 0.25) is 0 Å². The lowest BCUT2D eigenvalue weighted by Crippen LogP contribution is -2.13. The van der Waals surface area contributed by atoms with Gasteiger partial charge in [-0.1, -0.05) is 101 Å². The smallest absolute Gasteiger partial charge is 0.00610 e. The van der Waals surface area contributed by atoms with Gasteiger partial charge in [-0.2, -0.15) is 0 Å². The minimum absolute atomic E-state index is 0.471. The van der Waals surface area contributed by atoms with Crippen molar-refractivity contribution in [3.05, 3.63) is 70.8 Å². The van der Waals surface area contributed by atoms with Crippen molar-refractivity contribution >= 4 is 0 Å². The summed E-state index contributed by atoms with van der Waals surface area (Å²) in [6.07, 6.45) is 13.7. The van der Waals surface area contributed by atoms with E-state index in [9.17, 15) is 0 Å². The van der Waals surface area contributed by atoms with E-state index < -0.39 is 0 Å². The molecule has 3 rings (SSSR count). The Hall–Kier alpha value is -1.56. The summed E-state index contributed by atoms with van der Waals surface area (Å²) in [6, 6.07) is 18.9. The van der Waals surface area contributed by atoms with Crippen molar-refractivity contribution in [2.45, 2.75) is 96.8 Å². The highest BCUT2D eigenvalue weighted by Gasteiger charge is 2.22. The van der Waals surface area contributed by atoms with Crippen molar-refractivity contribution < 1.29 is 0 Å². The standard InChI is InChI=1S/C28H40/c1-4-6-7-9-24-12-16-27(17-13-24)28-20-18-26(19-21-28)22(3)25-14-10-23(8-5-2)11-15-25/h10-11,14-15,18-22,24,27H,4-9,12-13,16-17H2,1-3H3. The molecule has 0 aliphatic heterocycles. The van der Waals surface area contributed by atoms with E-state index in [-0.39, 0.29) is 0 Å². The lowest BCUT2D eigenvalue weighted by molar-refractivity contribution is 0.303. The highest BCUT2D eigenvalue weighted by molar-refractivity contribution is 5.35. The Labute approximate surface area is 173 Å². The Kier molecular flexibility index (Phi) is 8.19. The fourth-order valence-corrected chi connectivity index (χ4v) is 4.98. The zero-order valence-electron chi connectivity index (χ0n) is 18.4. The maximum absolute atomic E-state index is 2.42. The van der Waals surface area contributed by atoms with E-state index in [0.29, 0.717) is 5.92 Å². The van der Waals surface area contributed by atoms with Gasteiger partial charge >= 0.3 is 0 Å². The van der Waals surface area contributed by atoms with Gasteiger partial charge in [0.25, 0.3) is 0 Å². The molecule has 0 heterocycles. The molecule has 2 aromatic carbocycles. The lowest BCUT2D eigenvalue weighted by Gasteiger charge is -2.29. The molecular weight excluding hydrogens is 336 g/mol. The molecule has 1 atom stereocenters. The lowest BCUT2D eigenvalue weighted by atomic mass is 9.76. The molecule has 0 bridgehead atoms. The Balaban J connectivity index is 1.54. The van der Waals surface area contributed by atoms with E-state index in [1.807, 2.05) is 0 Å². The average molecular weight is 377 g/mol. The molecule has 0 nitrogen and oxygen atoms in total. The normalized spacial score (nSPS) is 20.8. The minimum atomic E-state index is 0.471. The first-order chi connectivity index (χ1) is 13.7. The number of aryl methyl sites for hydroxylation is 1. The molecule has 1 saturated carbocycles. The van der Waals surface area contributed by atoms with Gasteiger partial charge in [-0.3, -0.25) is 0 Å². The van der Waals surface area contributed by atoms with Gasteiger partial charge in [-0.25, -0.2) is 0 Å². The maximum Gasteiger partial charge on any atom is 0.00610 e. The van der Waals surface area contributed by atoms with Crippen LogP contribution in [-0.2, 0) is 6.42 Å². The molecule has 0 amide bonds. The molecule has 152 valence electrons. The molecule has 0 spiro atoms. The molecule has 1 fully saturated rings. The second kappa shape index (κ2) is 10.8. The topological polar surface area (TPSA) is 0 Å². The van der Waals surface area contributed by atoms with E-state index in [0.717, 1.165) is 11.8 Å². The third-order valence-corrected chi connectivity index (χ3v) is 6.99. The molecule has 0 heteroatoms. The van der Waals surface area contributed by atoms with E-state index in [4.69, 9.17) is 0 Å². The van der Waals surface area contributed by atoms with E-state index in [1.165, 1.54) is 80.9 Å². The summed E-state index contributed by atoms with van der Waals surface area (Å²) in [7, 11) is 0. The van der Waals surface area contributed by atoms with Crippen molar-refractivity contribution in [1.29, 1.82) is 0 Å². The van der Waals surface area contributed by atoms with Crippen LogP contribution in [0.5, 0.6) is 0 Å². The Morgan fingerprint density at radius 3 is 1.93 bits per heavy atom. The number of hydrogen-bond donors (Lipinski definition) is 0. The van der Waals surface area contributed by atoms with Gasteiger partial charge in [0.2, 0.25) is 0 Å². The van der Waals surface area contributed by atoms with Crippen LogP contribution >= 0.6 is 0 Å². The average Bonchev–Trinajstić information content (AvgIpc) is 2.75. The van der Waals surface area contributed by atoms with Gasteiger partial charge in [0.15, 0.2) is 0 Å². The summed E-state index contributed by atoms with van der Waals surface area (Å²) >= 11 is 0. The summed E-state index contributed by atoms with van der Waals surface area (Å²) < 4.78 is 0. The number of unbranched alkanes of at least 4 members (excludes halogenated alkanes) is 2. The maximum atomic E-state index is 2.42. The number of benzene rings is 2. The molecule has 1 aliphatic rings. The second-order valence-corrected chi connectivity index (χ2v) is 9.09. The van der Waals surface area contributed by atoms with Gasteiger partial charge < -0.3 is 0 Å². The van der Waals surface area contributed by atoms with Gasteiger partial charge in [0.05, 0.1) is 0 Å². The predicted molar refractivity (Wildman–Crippen MR) is 123 cm³/mol. The molecule has 1 aliphatic carbocycles. The Morgan fingerprint density at radius 2 is 1.36 bits per heavy atom. The molecule has 2 aromatic rings. The largest absolute Gasteiger partial charge is 0.0654 e. The Morgan fingerprint density at radius 1 is 0.750 bits per heavy atom. The molecule has 0 N–H and O–H groups in total. The van der Waals surface area contributed by atoms with Crippen LogP contribution in [0.4, 0.5) is 0 Å². The zero-order valence-corrected chi connectivity index (χ0v) is 18.4. The quantitative estimate of drug-likeness (QED) is 0.384. The summed E-state index contributed by atoms with van der Waals surface area (Å²) in [4.78, 5) is 0. The van der Waals surface area contributed by atoms with E-state index >= 15 is 0 Å². The van der Waals surface area contributed by atoms with Crippen LogP contribution < -0.4 is 0 Å². The predicted octanol–water partition coefficient (Wildman–Crippen LogP) is 8.65. The summed E-state index contributed by atoms with van der Waals surface area (Å²) in [5, 5.41) is 0. The van der Waals surface area contributed by atoms with Gasteiger partial charge in [0, 0.05) is 5.92 Å². The van der Waals surface area contributed by atoms with Crippen molar-refractivity contribution in [3.8, 4) is 0 Å². The van der Waals surface area contributed by atoms with Crippen molar-refractivity contribution in [1.82, 2.24) is 0 Å². The van der Waals surface area contributed by atoms with Crippen LogP contribution in [0.25, 0.3) is 0 Å². The molecule has 28 heavy (non-hydrogen) atoms. The summed E-state index contributed by atoms with van der Waals surface area (Å²) in [6.45, 7) is 6.89. The fraction of sp³-hybridized carbons (Fsp3) is 0.571. The van der Waals surface area contributed by atoms with Crippen LogP contribution in [0.15, 0.2) is 48.5 Å². The van der Waals surface area contributed by atoms with Crippen molar-refractivity contribution in [2.24, 2.45) is 5.92 Å². The third-order valence-electron chi connectivity index (χ3n) is 6.99. The van der Waals surface area contributed by atoms with Crippen molar-refractivity contribution in [3.63, 3.8) is 0 Å². The van der Waals surface area contributed by atoms with Crippen molar-refractivity contribution in [2.75, 3.05) is 0 Å². The first kappa shape index (κ1) is 21.2. The van der Waals surface area contributed by atoms with E-state index in [2.05, 4.69) is 69.3 Å². The Bertz CT molecular complexity index is 671. The first-order valence-corrected chi connectivity index (χ1v) is 11.9. The zero-order chi connectivity index (χ0) is 19.8. The summed E-state index contributed by atoms with van der Waals surface area (Å²) in [5.41, 5.74) is 5.90. The van der Waals surface area contributed by atoms with Crippen LogP contribution in [0.3, 0.4) is 0 Å². The molecular formula is C28H40. The fourth-order valence-electron chi connectivity index (χ4n) is 4.98. The molecule has 0 saturated heterocycles. The minimum Gasteiger partial charge on any atom is -0.0654 e. The van der Waals surface area contributed by atoms with E-state index in [1.54, 1.807) is 5.56 Å². The third kappa shape index (κ3) is 5.72.